The number of rotatable bonds is 4. The number of hydrogen-bond acceptors (Lipinski definition) is 3. The summed E-state index contributed by atoms with van der Waals surface area (Å²) in [5, 5.41) is 2.43. The van der Waals surface area contributed by atoms with E-state index < -0.39 is 34.1 Å². The minimum atomic E-state index is -4.40. The lowest BCUT2D eigenvalue weighted by Crippen LogP contribution is -2.47. The number of nitrogens with one attached hydrogen (secondary N) is 1. The number of carbonyl (C=O) groups is 1. The minimum absolute atomic E-state index is 0.00256. The van der Waals surface area contributed by atoms with Crippen molar-refractivity contribution in [1.82, 2.24) is 9.62 Å². The number of amides is 1. The van der Waals surface area contributed by atoms with E-state index in [1.165, 1.54) is 16.4 Å². The summed E-state index contributed by atoms with van der Waals surface area (Å²) in [6, 6.07) is 2.71. The van der Waals surface area contributed by atoms with Crippen molar-refractivity contribution < 1.29 is 26.4 Å². The van der Waals surface area contributed by atoms with Gasteiger partial charge in [0.15, 0.2) is 0 Å². The molecule has 2 atom stereocenters. The standard InChI is InChI=1S/C18H22ClF3N2O3S/c19-15-8-7-12(28(26,27)24-9-3-4-10-24)11-13(15)17(25)23-16-6-2-1-5-14(16)18(20,21)22/h7-8,11,14,16H,1-6,9-10H2,(H,23,25). The Labute approximate surface area is 167 Å². The smallest absolute Gasteiger partial charge is 0.349 e. The quantitative estimate of drug-likeness (QED) is 0.773. The van der Waals surface area contributed by atoms with Gasteiger partial charge in [0.25, 0.3) is 5.91 Å². The molecule has 1 saturated heterocycles. The molecule has 10 heteroatoms. The molecule has 5 nitrogen and oxygen atoms in total. The third-order valence-electron chi connectivity index (χ3n) is 5.39. The van der Waals surface area contributed by atoms with Gasteiger partial charge >= 0.3 is 6.18 Å². The average molecular weight is 439 g/mol. The van der Waals surface area contributed by atoms with Crippen molar-refractivity contribution in [3.05, 3.63) is 28.8 Å². The van der Waals surface area contributed by atoms with Gasteiger partial charge in [-0.3, -0.25) is 4.79 Å². The lowest BCUT2D eigenvalue weighted by Gasteiger charge is -2.33. The van der Waals surface area contributed by atoms with Gasteiger partial charge in [-0.05, 0) is 43.9 Å². The Bertz CT molecular complexity index is 839. The van der Waals surface area contributed by atoms with E-state index >= 15 is 0 Å². The van der Waals surface area contributed by atoms with Crippen molar-refractivity contribution in [2.45, 2.75) is 55.6 Å². The Hall–Kier alpha value is -1.32. The summed E-state index contributed by atoms with van der Waals surface area (Å²) >= 11 is 6.05. The second-order valence-electron chi connectivity index (χ2n) is 7.27. The maximum absolute atomic E-state index is 13.3. The molecular weight excluding hydrogens is 417 g/mol. The molecule has 3 rings (SSSR count). The van der Waals surface area contributed by atoms with Crippen LogP contribution >= 0.6 is 11.6 Å². The topological polar surface area (TPSA) is 66.5 Å². The molecule has 2 unspecified atom stereocenters. The number of carbonyl (C=O) groups excluding carboxylic acids is 1. The largest absolute Gasteiger partial charge is 0.393 e. The predicted molar refractivity (Wildman–Crippen MR) is 98.7 cm³/mol. The van der Waals surface area contributed by atoms with Gasteiger partial charge in [0.2, 0.25) is 10.0 Å². The summed E-state index contributed by atoms with van der Waals surface area (Å²) in [5.41, 5.74) is -0.131. The van der Waals surface area contributed by atoms with Gasteiger partial charge in [0.05, 0.1) is 21.4 Å². The number of halogens is 4. The molecule has 1 heterocycles. The van der Waals surface area contributed by atoms with Crippen LogP contribution in [0.15, 0.2) is 23.1 Å². The van der Waals surface area contributed by atoms with E-state index in [0.717, 1.165) is 18.9 Å². The lowest BCUT2D eigenvalue weighted by atomic mass is 9.84. The van der Waals surface area contributed by atoms with Crippen molar-refractivity contribution in [2.24, 2.45) is 5.92 Å². The van der Waals surface area contributed by atoms with Crippen molar-refractivity contribution in [2.75, 3.05) is 13.1 Å². The van der Waals surface area contributed by atoms with Crippen LogP contribution in [0.3, 0.4) is 0 Å². The summed E-state index contributed by atoms with van der Waals surface area (Å²) in [5.74, 6) is -2.40. The van der Waals surface area contributed by atoms with Gasteiger partial charge in [-0.15, -0.1) is 0 Å². The zero-order valence-corrected chi connectivity index (χ0v) is 16.7. The van der Waals surface area contributed by atoms with Gasteiger partial charge in [0.1, 0.15) is 0 Å². The normalized spacial score (nSPS) is 24.3. The van der Waals surface area contributed by atoms with E-state index in [2.05, 4.69) is 5.32 Å². The van der Waals surface area contributed by atoms with Gasteiger partial charge in [0, 0.05) is 19.1 Å². The highest BCUT2D eigenvalue weighted by molar-refractivity contribution is 7.89. The van der Waals surface area contributed by atoms with Crippen LogP contribution < -0.4 is 5.32 Å². The van der Waals surface area contributed by atoms with E-state index in [9.17, 15) is 26.4 Å². The van der Waals surface area contributed by atoms with E-state index in [1.807, 2.05) is 0 Å². The molecule has 1 aromatic rings. The van der Waals surface area contributed by atoms with Crippen molar-refractivity contribution in [1.29, 1.82) is 0 Å². The Morgan fingerprint density at radius 3 is 2.39 bits per heavy atom. The van der Waals surface area contributed by atoms with Crippen LogP contribution in [0, 0.1) is 5.92 Å². The third kappa shape index (κ3) is 4.46. The minimum Gasteiger partial charge on any atom is -0.349 e. The van der Waals surface area contributed by atoms with Crippen LogP contribution in [0.4, 0.5) is 13.2 Å². The summed E-state index contributed by atoms with van der Waals surface area (Å²) in [7, 11) is -3.76. The lowest BCUT2D eigenvalue weighted by molar-refractivity contribution is -0.187. The molecule has 28 heavy (non-hydrogen) atoms. The molecule has 1 saturated carbocycles. The molecule has 0 bridgehead atoms. The van der Waals surface area contributed by atoms with Crippen LogP contribution in [0.25, 0.3) is 0 Å². The third-order valence-corrected chi connectivity index (χ3v) is 7.61. The molecular formula is C18H22ClF3N2O3S. The maximum Gasteiger partial charge on any atom is 0.393 e. The van der Waals surface area contributed by atoms with Crippen LogP contribution in [-0.2, 0) is 10.0 Å². The van der Waals surface area contributed by atoms with Crippen molar-refractivity contribution in [3.8, 4) is 0 Å². The summed E-state index contributed by atoms with van der Waals surface area (Å²) < 4.78 is 66.5. The number of nitrogens with zero attached hydrogens (tertiary/aromatic N) is 1. The fourth-order valence-electron chi connectivity index (χ4n) is 3.86. The number of hydrogen-bond donors (Lipinski definition) is 1. The van der Waals surface area contributed by atoms with E-state index in [-0.39, 0.29) is 28.3 Å². The molecule has 0 spiro atoms. The second kappa shape index (κ2) is 8.20. The highest BCUT2D eigenvalue weighted by Gasteiger charge is 2.46. The van der Waals surface area contributed by atoms with Gasteiger partial charge in [-0.2, -0.15) is 17.5 Å². The molecule has 1 aliphatic carbocycles. The monoisotopic (exact) mass is 438 g/mol. The van der Waals surface area contributed by atoms with Crippen LogP contribution in [-0.4, -0.2) is 43.9 Å². The Morgan fingerprint density at radius 2 is 1.75 bits per heavy atom. The van der Waals surface area contributed by atoms with Gasteiger partial charge in [-0.25, -0.2) is 8.42 Å². The molecule has 2 aliphatic rings. The summed E-state index contributed by atoms with van der Waals surface area (Å²) in [6.07, 6.45) is -1.63. The average Bonchev–Trinajstić information content (AvgIpc) is 3.17. The Balaban J connectivity index is 1.83. The number of sulfonamides is 1. The molecule has 1 N–H and O–H groups in total. The molecule has 1 aromatic carbocycles. The van der Waals surface area contributed by atoms with Gasteiger partial charge in [-0.1, -0.05) is 24.4 Å². The number of alkyl halides is 3. The molecule has 1 aliphatic heterocycles. The fraction of sp³-hybridized carbons (Fsp3) is 0.611. The Kier molecular flexibility index (Phi) is 6.26. The summed E-state index contributed by atoms with van der Waals surface area (Å²) in [4.78, 5) is 12.6. The SMILES string of the molecule is O=C(NC1CCCCC1C(F)(F)F)c1cc(S(=O)(=O)N2CCCC2)ccc1Cl. The van der Waals surface area contributed by atoms with Crippen LogP contribution in [0.5, 0.6) is 0 Å². The molecule has 156 valence electrons. The first-order valence-electron chi connectivity index (χ1n) is 9.28. The molecule has 0 aromatic heterocycles. The molecule has 0 radical (unpaired) electrons. The van der Waals surface area contributed by atoms with Crippen LogP contribution in [0.1, 0.15) is 48.9 Å². The fourth-order valence-corrected chi connectivity index (χ4v) is 5.61. The predicted octanol–water partition coefficient (Wildman–Crippen LogP) is 3.98. The van der Waals surface area contributed by atoms with Crippen LogP contribution in [0.2, 0.25) is 5.02 Å². The zero-order chi connectivity index (χ0) is 20.5. The first-order valence-corrected chi connectivity index (χ1v) is 11.1. The highest BCUT2D eigenvalue weighted by atomic mass is 35.5. The second-order valence-corrected chi connectivity index (χ2v) is 9.61. The van der Waals surface area contributed by atoms with Crippen molar-refractivity contribution >= 4 is 27.5 Å². The maximum atomic E-state index is 13.3. The number of benzene rings is 1. The first-order chi connectivity index (χ1) is 13.1. The van der Waals surface area contributed by atoms with Crippen molar-refractivity contribution in [3.63, 3.8) is 0 Å². The first kappa shape index (κ1) is 21.4. The van der Waals surface area contributed by atoms with E-state index in [1.54, 1.807) is 0 Å². The Morgan fingerprint density at radius 1 is 1.11 bits per heavy atom. The molecule has 1 amide bonds. The summed E-state index contributed by atoms with van der Waals surface area (Å²) in [6.45, 7) is 0.809. The van der Waals surface area contributed by atoms with Gasteiger partial charge < -0.3 is 5.32 Å². The van der Waals surface area contributed by atoms with E-state index in [4.69, 9.17) is 11.6 Å². The molecule has 2 fully saturated rings. The highest BCUT2D eigenvalue weighted by Crippen LogP contribution is 2.38. The van der Waals surface area contributed by atoms with E-state index in [0.29, 0.717) is 25.9 Å². The zero-order valence-electron chi connectivity index (χ0n) is 15.1.